The van der Waals surface area contributed by atoms with Crippen LogP contribution in [0.15, 0.2) is 48.7 Å². The quantitative estimate of drug-likeness (QED) is 0.313. The van der Waals surface area contributed by atoms with E-state index in [-0.39, 0.29) is 22.6 Å². The van der Waals surface area contributed by atoms with Gasteiger partial charge in [0.15, 0.2) is 11.5 Å². The second-order valence-electron chi connectivity index (χ2n) is 13.0. The molecule has 3 unspecified atom stereocenters. The lowest BCUT2D eigenvalue weighted by atomic mass is 9.80. The van der Waals surface area contributed by atoms with Crippen molar-refractivity contribution >= 4 is 20.7 Å². The summed E-state index contributed by atoms with van der Waals surface area (Å²) in [6.07, 6.45) is 2.02. The number of hydrogen-bond donors (Lipinski definition) is 2. The summed E-state index contributed by atoms with van der Waals surface area (Å²) >= 11 is 0. The molecular formula is C33H45N3O5Si. The van der Waals surface area contributed by atoms with E-state index in [0.29, 0.717) is 35.3 Å². The van der Waals surface area contributed by atoms with Gasteiger partial charge in [-0.3, -0.25) is 9.88 Å². The van der Waals surface area contributed by atoms with E-state index >= 15 is 0 Å². The molecule has 1 saturated heterocycles. The van der Waals surface area contributed by atoms with Crippen molar-refractivity contribution in [1.82, 2.24) is 15.2 Å². The number of hydrogen-bond acceptors (Lipinski definition) is 8. The maximum absolute atomic E-state index is 11.5. The van der Waals surface area contributed by atoms with Gasteiger partial charge in [0.2, 0.25) is 9.76 Å². The third kappa shape index (κ3) is 7.44. The van der Waals surface area contributed by atoms with Gasteiger partial charge in [-0.2, -0.15) is 0 Å². The number of pyridine rings is 1. The summed E-state index contributed by atoms with van der Waals surface area (Å²) in [4.78, 5) is 6.90. The monoisotopic (exact) mass is 591 g/mol. The van der Waals surface area contributed by atoms with Crippen LogP contribution in [0.5, 0.6) is 17.2 Å². The number of nitrogens with one attached hydrogen (secondary N) is 1. The molecule has 2 aromatic carbocycles. The Hall–Kier alpha value is -2.69. The zero-order valence-electron chi connectivity index (χ0n) is 25.8. The summed E-state index contributed by atoms with van der Waals surface area (Å²) in [6.45, 7) is 15.3. The summed E-state index contributed by atoms with van der Waals surface area (Å²) in [6, 6.07) is 14.3. The zero-order chi connectivity index (χ0) is 29.9. The lowest BCUT2D eigenvalue weighted by Crippen LogP contribution is -2.58. The van der Waals surface area contributed by atoms with E-state index in [4.69, 9.17) is 18.6 Å². The van der Waals surface area contributed by atoms with Crippen LogP contribution in [0.3, 0.4) is 0 Å². The molecule has 9 heteroatoms. The lowest BCUT2D eigenvalue weighted by molar-refractivity contribution is -0.0263. The average Bonchev–Trinajstić information content (AvgIpc) is 2.98. The highest BCUT2D eigenvalue weighted by molar-refractivity contribution is 6.31. The topological polar surface area (TPSA) is 85.3 Å². The number of aromatic nitrogens is 1. The van der Waals surface area contributed by atoms with Gasteiger partial charge in [-0.25, -0.2) is 0 Å². The Morgan fingerprint density at radius 3 is 2.64 bits per heavy atom. The van der Waals surface area contributed by atoms with E-state index in [1.54, 1.807) is 13.3 Å². The normalized spacial score (nSPS) is 20.5. The number of fused-ring (bicyclic) bond motifs is 2. The molecule has 3 heterocycles. The summed E-state index contributed by atoms with van der Waals surface area (Å²) in [7, 11) is 2.03. The highest BCUT2D eigenvalue weighted by Crippen LogP contribution is 2.35. The number of ether oxygens (including phenoxy) is 3. The smallest absolute Gasteiger partial charge is 0.236 e. The molecule has 0 aliphatic carbocycles. The van der Waals surface area contributed by atoms with Crippen LogP contribution in [-0.2, 0) is 11.0 Å². The highest BCUT2D eigenvalue weighted by atomic mass is 28.2. The fourth-order valence-electron chi connectivity index (χ4n) is 5.84. The summed E-state index contributed by atoms with van der Waals surface area (Å²) in [5.41, 5.74) is 2.55. The minimum Gasteiger partial charge on any atom is -0.495 e. The minimum atomic E-state index is -0.647. The summed E-state index contributed by atoms with van der Waals surface area (Å²) < 4.78 is 23.6. The molecule has 42 heavy (non-hydrogen) atoms. The van der Waals surface area contributed by atoms with E-state index in [2.05, 4.69) is 62.0 Å². The molecule has 0 amide bonds. The number of nitrogens with zero attached hydrogens (tertiary/aromatic N) is 2. The van der Waals surface area contributed by atoms with Gasteiger partial charge >= 0.3 is 0 Å². The highest BCUT2D eigenvalue weighted by Gasteiger charge is 2.41. The van der Waals surface area contributed by atoms with Crippen LogP contribution < -0.4 is 19.5 Å². The van der Waals surface area contributed by atoms with Crippen LogP contribution >= 0.6 is 0 Å². The fourth-order valence-corrected chi connectivity index (χ4v) is 6.56. The van der Waals surface area contributed by atoms with Crippen molar-refractivity contribution in [3.63, 3.8) is 0 Å². The standard InChI is InChI=1S/C33H45N3O5Si/c1-32(2,3)42-41-33(4,5)26-20-36(21-29(37)24-8-7-9-27-25(24)17-23(38-6)19-35-27)13-12-28(26)34-18-22-10-11-30-31(16-22)40-15-14-39-30/h7-11,16-17,19,26,28-29,34,37H,12-15,18,20-21H2,1-6H3. The number of likely N-dealkylation sites (tertiary alicyclic amines) is 1. The van der Waals surface area contributed by atoms with Gasteiger partial charge in [0.25, 0.3) is 0 Å². The largest absolute Gasteiger partial charge is 0.495 e. The SMILES string of the molecule is COc1cnc2cccc(C(O)CN3CCC(NCc4ccc5c(c4)OCCO5)C(C(C)(C)O[Si]C(C)(C)C)C3)c2c1. The van der Waals surface area contributed by atoms with Crippen LogP contribution in [0.1, 0.15) is 58.3 Å². The molecule has 226 valence electrons. The van der Waals surface area contributed by atoms with Crippen LogP contribution in [0, 0.1) is 5.92 Å². The van der Waals surface area contributed by atoms with E-state index in [1.807, 2.05) is 30.3 Å². The molecule has 8 nitrogen and oxygen atoms in total. The number of piperidine rings is 1. The Bertz CT molecular complexity index is 1360. The molecule has 0 spiro atoms. The Labute approximate surface area is 252 Å². The Balaban J connectivity index is 1.31. The van der Waals surface area contributed by atoms with Crippen molar-refractivity contribution in [2.24, 2.45) is 5.92 Å². The summed E-state index contributed by atoms with van der Waals surface area (Å²) in [5.74, 6) is 2.54. The number of rotatable bonds is 10. The number of benzene rings is 2. The first-order valence-electron chi connectivity index (χ1n) is 14.9. The van der Waals surface area contributed by atoms with Crippen LogP contribution in [0.25, 0.3) is 10.9 Å². The Morgan fingerprint density at radius 1 is 1.10 bits per heavy atom. The van der Waals surface area contributed by atoms with Crippen molar-refractivity contribution in [2.45, 2.75) is 70.4 Å². The van der Waals surface area contributed by atoms with Crippen molar-refractivity contribution < 1.29 is 23.7 Å². The van der Waals surface area contributed by atoms with Gasteiger partial charge in [-0.05, 0) is 67.2 Å². The first-order valence-corrected chi connectivity index (χ1v) is 15.8. The average molecular weight is 592 g/mol. The molecule has 3 aromatic rings. The van der Waals surface area contributed by atoms with Gasteiger partial charge in [-0.1, -0.05) is 39.0 Å². The molecule has 2 N–H and O–H groups in total. The first-order chi connectivity index (χ1) is 20.0. The van der Waals surface area contributed by atoms with Crippen LogP contribution in [0.2, 0.25) is 5.04 Å². The maximum Gasteiger partial charge on any atom is 0.236 e. The van der Waals surface area contributed by atoms with Crippen molar-refractivity contribution in [1.29, 1.82) is 0 Å². The number of methoxy groups -OCH3 is 1. The lowest BCUT2D eigenvalue weighted by Gasteiger charge is -2.47. The molecule has 5 rings (SSSR count). The van der Waals surface area contributed by atoms with E-state index in [1.165, 1.54) is 5.56 Å². The molecule has 2 aliphatic rings. The van der Waals surface area contributed by atoms with Gasteiger partial charge in [0.05, 0.1) is 30.5 Å². The predicted molar refractivity (Wildman–Crippen MR) is 166 cm³/mol. The van der Waals surface area contributed by atoms with Crippen molar-refractivity contribution in [3.05, 3.63) is 59.8 Å². The predicted octanol–water partition coefficient (Wildman–Crippen LogP) is 5.16. The molecular weight excluding hydrogens is 546 g/mol. The molecule has 0 saturated carbocycles. The van der Waals surface area contributed by atoms with E-state index in [9.17, 15) is 5.11 Å². The maximum atomic E-state index is 11.5. The molecule has 2 radical (unpaired) electrons. The van der Waals surface area contributed by atoms with Crippen LogP contribution in [-0.4, -0.2) is 76.4 Å². The Morgan fingerprint density at radius 2 is 1.88 bits per heavy atom. The molecule has 2 aliphatic heterocycles. The second-order valence-corrected chi connectivity index (χ2v) is 14.9. The third-order valence-corrected chi connectivity index (χ3v) is 9.39. The minimum absolute atomic E-state index is 0.0966. The Kier molecular flexibility index (Phi) is 9.44. The van der Waals surface area contributed by atoms with Crippen molar-refractivity contribution in [2.75, 3.05) is 40.0 Å². The number of aliphatic hydroxyl groups excluding tert-OH is 1. The van der Waals surface area contributed by atoms with Gasteiger partial charge in [-0.15, -0.1) is 0 Å². The van der Waals surface area contributed by atoms with Crippen LogP contribution in [0.4, 0.5) is 0 Å². The number of aliphatic hydroxyl groups is 1. The van der Waals surface area contributed by atoms with Gasteiger partial charge in [0.1, 0.15) is 19.0 Å². The molecule has 1 aromatic heterocycles. The van der Waals surface area contributed by atoms with Crippen molar-refractivity contribution in [3.8, 4) is 17.2 Å². The number of β-amino-alcohol motifs (C(OH)–C–C–N with tert-alkyl or cyclic N) is 1. The molecule has 1 fully saturated rings. The van der Waals surface area contributed by atoms with Gasteiger partial charge < -0.3 is 29.1 Å². The molecule has 0 bridgehead atoms. The van der Waals surface area contributed by atoms with E-state index in [0.717, 1.165) is 54.0 Å². The second kappa shape index (κ2) is 12.9. The zero-order valence-corrected chi connectivity index (χ0v) is 26.8. The third-order valence-electron chi connectivity index (χ3n) is 8.15. The summed E-state index contributed by atoms with van der Waals surface area (Å²) in [5, 5.41) is 16.3. The van der Waals surface area contributed by atoms with E-state index < -0.39 is 6.10 Å². The first kappa shape index (κ1) is 30.8. The fraction of sp³-hybridized carbons (Fsp3) is 0.545. The van der Waals surface area contributed by atoms with Gasteiger partial charge in [0, 0.05) is 37.0 Å². The molecule has 3 atom stereocenters.